The molecule has 8 heteroatoms. The molecule has 5 nitrogen and oxygen atoms in total. The van der Waals surface area contributed by atoms with Gasteiger partial charge < -0.3 is 16.8 Å². The second-order valence-electron chi connectivity index (χ2n) is 3.74. The van der Waals surface area contributed by atoms with Crippen LogP contribution in [0.1, 0.15) is 5.56 Å². The molecule has 0 saturated carbocycles. The van der Waals surface area contributed by atoms with Crippen molar-refractivity contribution in [3.05, 3.63) is 35.9 Å². The van der Waals surface area contributed by atoms with E-state index in [2.05, 4.69) is 15.3 Å². The Morgan fingerprint density at radius 3 is 2.42 bits per heavy atom. The number of nitrogens with zero attached hydrogens (tertiary/aromatic N) is 2. The van der Waals surface area contributed by atoms with Gasteiger partial charge in [-0.3, -0.25) is 0 Å². The summed E-state index contributed by atoms with van der Waals surface area (Å²) in [5, 5.41) is 2.69. The van der Waals surface area contributed by atoms with Crippen LogP contribution in [0.2, 0.25) is 0 Å². The van der Waals surface area contributed by atoms with Crippen LogP contribution < -0.4 is 16.8 Å². The lowest BCUT2D eigenvalue weighted by molar-refractivity contribution is -0.137. The van der Waals surface area contributed by atoms with Crippen molar-refractivity contribution in [2.75, 3.05) is 16.8 Å². The highest BCUT2D eigenvalue weighted by Crippen LogP contribution is 2.31. The highest BCUT2D eigenvalue weighted by Gasteiger charge is 2.30. The van der Waals surface area contributed by atoms with Gasteiger partial charge in [0.25, 0.3) is 0 Å². The third-order valence-electron chi connectivity index (χ3n) is 2.23. The molecular formula is C11H10F3N5. The zero-order chi connectivity index (χ0) is 14.0. The van der Waals surface area contributed by atoms with Crippen molar-refractivity contribution in [3.8, 4) is 0 Å². The quantitative estimate of drug-likeness (QED) is 0.778. The topological polar surface area (TPSA) is 89.8 Å². The zero-order valence-electron chi connectivity index (χ0n) is 9.57. The number of nitrogens with two attached hydrogens (primary N) is 2. The number of rotatable bonds is 2. The van der Waals surface area contributed by atoms with Crippen LogP contribution in [0.15, 0.2) is 30.3 Å². The monoisotopic (exact) mass is 269 g/mol. The van der Waals surface area contributed by atoms with Crippen LogP contribution >= 0.6 is 0 Å². The minimum atomic E-state index is -4.40. The second-order valence-corrected chi connectivity index (χ2v) is 3.74. The number of nitrogens with one attached hydrogen (secondary N) is 1. The van der Waals surface area contributed by atoms with E-state index < -0.39 is 11.7 Å². The summed E-state index contributed by atoms with van der Waals surface area (Å²) in [5.41, 5.74) is 10.3. The van der Waals surface area contributed by atoms with E-state index in [1.165, 1.54) is 18.2 Å². The first-order valence-corrected chi connectivity index (χ1v) is 5.19. The van der Waals surface area contributed by atoms with Crippen LogP contribution in [-0.4, -0.2) is 9.97 Å². The van der Waals surface area contributed by atoms with Crippen molar-refractivity contribution >= 4 is 23.3 Å². The molecule has 0 spiro atoms. The Bertz CT molecular complexity index is 577. The number of hydrogen-bond donors (Lipinski definition) is 3. The van der Waals surface area contributed by atoms with Crippen molar-refractivity contribution in [2.45, 2.75) is 6.18 Å². The van der Waals surface area contributed by atoms with Crippen molar-refractivity contribution in [2.24, 2.45) is 0 Å². The summed E-state index contributed by atoms with van der Waals surface area (Å²) in [7, 11) is 0. The molecule has 0 radical (unpaired) electrons. The lowest BCUT2D eigenvalue weighted by atomic mass is 10.2. The Morgan fingerprint density at radius 2 is 1.79 bits per heavy atom. The number of nitrogen functional groups attached to an aromatic ring is 2. The average molecular weight is 269 g/mol. The molecule has 0 fully saturated rings. The van der Waals surface area contributed by atoms with Gasteiger partial charge >= 0.3 is 6.18 Å². The number of alkyl halides is 3. The van der Waals surface area contributed by atoms with Crippen LogP contribution in [0.5, 0.6) is 0 Å². The first kappa shape index (κ1) is 12.9. The first-order valence-electron chi connectivity index (χ1n) is 5.19. The first-order chi connectivity index (χ1) is 8.84. The molecule has 5 N–H and O–H groups in total. The predicted octanol–water partition coefficient (Wildman–Crippen LogP) is 2.40. The van der Waals surface area contributed by atoms with Crippen LogP contribution in [0.25, 0.3) is 0 Å². The highest BCUT2D eigenvalue weighted by atomic mass is 19.4. The van der Waals surface area contributed by atoms with E-state index in [-0.39, 0.29) is 23.3 Å². The van der Waals surface area contributed by atoms with Gasteiger partial charge in [0.1, 0.15) is 11.6 Å². The molecule has 0 aliphatic heterocycles. The summed E-state index contributed by atoms with van der Waals surface area (Å²) in [5.74, 6) is 0.292. The molecule has 0 saturated heterocycles. The summed E-state index contributed by atoms with van der Waals surface area (Å²) in [4.78, 5) is 7.47. The Labute approximate surface area is 106 Å². The van der Waals surface area contributed by atoms with E-state index in [9.17, 15) is 13.2 Å². The van der Waals surface area contributed by atoms with E-state index in [1.54, 1.807) is 0 Å². The standard InChI is InChI=1S/C11H10F3N5/c12-11(13,14)6-2-1-3-7(4-6)17-9-5-8(15)18-10(16)19-9/h1-5H,(H5,15,16,17,18,19). The molecular weight excluding hydrogens is 259 g/mol. The Balaban J connectivity index is 2.28. The van der Waals surface area contributed by atoms with E-state index in [0.29, 0.717) is 0 Å². The Morgan fingerprint density at radius 1 is 1.05 bits per heavy atom. The maximum absolute atomic E-state index is 12.5. The number of hydrogen-bond acceptors (Lipinski definition) is 5. The van der Waals surface area contributed by atoms with Crippen molar-refractivity contribution in [1.29, 1.82) is 0 Å². The largest absolute Gasteiger partial charge is 0.416 e. The fraction of sp³-hybridized carbons (Fsp3) is 0.0909. The van der Waals surface area contributed by atoms with Gasteiger partial charge in [-0.25, -0.2) is 0 Å². The summed E-state index contributed by atoms with van der Waals surface area (Å²) in [6, 6.07) is 6.09. The molecule has 0 unspecified atom stereocenters. The molecule has 0 amide bonds. The molecule has 0 aliphatic rings. The molecule has 1 heterocycles. The van der Waals surface area contributed by atoms with E-state index >= 15 is 0 Å². The third kappa shape index (κ3) is 3.24. The van der Waals surface area contributed by atoms with E-state index in [1.807, 2.05) is 0 Å². The fourth-order valence-electron chi connectivity index (χ4n) is 1.47. The van der Waals surface area contributed by atoms with Crippen LogP contribution in [0.4, 0.5) is 36.4 Å². The Hall–Kier alpha value is -2.51. The molecule has 1 aromatic heterocycles. The Kier molecular flexibility index (Phi) is 3.16. The maximum atomic E-state index is 12.5. The summed E-state index contributed by atoms with van der Waals surface area (Å²) < 4.78 is 37.6. The normalized spacial score (nSPS) is 11.3. The van der Waals surface area contributed by atoms with E-state index in [0.717, 1.165) is 12.1 Å². The SMILES string of the molecule is Nc1cc(Nc2cccc(C(F)(F)F)c2)nc(N)n1. The minimum absolute atomic E-state index is 0.0607. The van der Waals surface area contributed by atoms with Gasteiger partial charge in [-0.2, -0.15) is 23.1 Å². The predicted molar refractivity (Wildman–Crippen MR) is 65.6 cm³/mol. The number of aromatic nitrogens is 2. The highest BCUT2D eigenvalue weighted by molar-refractivity contribution is 5.60. The molecule has 2 aromatic rings. The van der Waals surface area contributed by atoms with Gasteiger partial charge in [-0.1, -0.05) is 6.07 Å². The molecule has 100 valence electrons. The van der Waals surface area contributed by atoms with Crippen molar-refractivity contribution in [1.82, 2.24) is 9.97 Å². The molecule has 0 aliphatic carbocycles. The fourth-order valence-corrected chi connectivity index (χ4v) is 1.47. The van der Waals surface area contributed by atoms with Crippen LogP contribution in [-0.2, 0) is 6.18 Å². The second kappa shape index (κ2) is 4.63. The molecule has 0 bridgehead atoms. The lowest BCUT2D eigenvalue weighted by Crippen LogP contribution is -2.06. The summed E-state index contributed by atoms with van der Waals surface area (Å²) >= 11 is 0. The maximum Gasteiger partial charge on any atom is 0.416 e. The van der Waals surface area contributed by atoms with Crippen LogP contribution in [0, 0.1) is 0 Å². The van der Waals surface area contributed by atoms with Gasteiger partial charge in [0.05, 0.1) is 5.56 Å². The van der Waals surface area contributed by atoms with Gasteiger partial charge in [0.15, 0.2) is 0 Å². The molecule has 1 aromatic carbocycles. The molecule has 19 heavy (non-hydrogen) atoms. The van der Waals surface area contributed by atoms with Gasteiger partial charge in [-0.05, 0) is 18.2 Å². The zero-order valence-corrected chi connectivity index (χ0v) is 9.57. The molecule has 2 rings (SSSR count). The third-order valence-corrected chi connectivity index (χ3v) is 2.23. The number of anilines is 4. The summed E-state index contributed by atoms with van der Waals surface area (Å²) in [6.07, 6.45) is -4.40. The smallest absolute Gasteiger partial charge is 0.383 e. The number of benzene rings is 1. The number of halogens is 3. The van der Waals surface area contributed by atoms with Gasteiger partial charge in [-0.15, -0.1) is 0 Å². The summed E-state index contributed by atoms with van der Waals surface area (Å²) in [6.45, 7) is 0. The van der Waals surface area contributed by atoms with Crippen LogP contribution in [0.3, 0.4) is 0 Å². The molecule has 0 atom stereocenters. The van der Waals surface area contributed by atoms with E-state index in [4.69, 9.17) is 11.5 Å². The van der Waals surface area contributed by atoms with Gasteiger partial charge in [0.2, 0.25) is 5.95 Å². The van der Waals surface area contributed by atoms with Crippen molar-refractivity contribution < 1.29 is 13.2 Å². The average Bonchev–Trinajstić information content (AvgIpc) is 2.26. The van der Waals surface area contributed by atoms with Gasteiger partial charge in [0, 0.05) is 11.8 Å². The van der Waals surface area contributed by atoms with Crippen molar-refractivity contribution in [3.63, 3.8) is 0 Å². The lowest BCUT2D eigenvalue weighted by Gasteiger charge is -2.10. The minimum Gasteiger partial charge on any atom is -0.383 e.